The number of hydrogen-bond donors (Lipinski definition) is 0. The molecule has 0 N–H and O–H groups in total. The Bertz CT molecular complexity index is 194. The highest BCUT2D eigenvalue weighted by Gasteiger charge is 2.32. The van der Waals surface area contributed by atoms with Gasteiger partial charge in [-0.2, -0.15) is 0 Å². The highest BCUT2D eigenvalue weighted by Crippen LogP contribution is 2.24. The van der Waals surface area contributed by atoms with Crippen molar-refractivity contribution in [1.82, 2.24) is 4.90 Å². The van der Waals surface area contributed by atoms with Crippen molar-refractivity contribution in [3.8, 4) is 0 Å². The molecule has 0 aromatic heterocycles. The van der Waals surface area contributed by atoms with Crippen LogP contribution in [0.2, 0.25) is 0 Å². The number of hydrogen-bond acceptors (Lipinski definition) is 3. The third kappa shape index (κ3) is 2.55. The molecule has 1 unspecified atom stereocenters. The number of rotatable bonds is 3. The van der Waals surface area contributed by atoms with E-state index in [4.69, 9.17) is 4.74 Å². The maximum atomic E-state index is 11.0. The molecule has 1 aliphatic heterocycles. The Labute approximate surface area is 86.4 Å². The van der Waals surface area contributed by atoms with Gasteiger partial charge in [0, 0.05) is 19.7 Å². The van der Waals surface area contributed by atoms with Crippen LogP contribution in [-0.2, 0) is 9.53 Å². The van der Waals surface area contributed by atoms with E-state index in [1.54, 1.807) is 7.11 Å². The lowest BCUT2D eigenvalue weighted by Gasteiger charge is -2.26. The molecule has 0 bridgehead atoms. The Hall–Kier alpha value is -0.410. The van der Waals surface area contributed by atoms with Crippen LogP contribution >= 0.6 is 0 Å². The van der Waals surface area contributed by atoms with Crippen LogP contribution in [0.25, 0.3) is 0 Å². The molecule has 3 nitrogen and oxygen atoms in total. The average molecular weight is 199 g/mol. The fourth-order valence-electron chi connectivity index (χ4n) is 2.04. The molecule has 0 saturated carbocycles. The van der Waals surface area contributed by atoms with Gasteiger partial charge in [0.1, 0.15) is 5.60 Å². The Balaban J connectivity index is 2.59. The van der Waals surface area contributed by atoms with Crippen LogP contribution in [0.4, 0.5) is 0 Å². The minimum Gasteiger partial charge on any atom is -0.371 e. The van der Waals surface area contributed by atoms with E-state index in [2.05, 4.69) is 18.7 Å². The summed E-state index contributed by atoms with van der Waals surface area (Å²) in [5, 5.41) is 0. The van der Waals surface area contributed by atoms with Gasteiger partial charge in [-0.3, -0.25) is 0 Å². The number of aldehydes is 1. The SMILES string of the molecule is COC1(C=O)CCCN(C(C)C)CC1. The Morgan fingerprint density at radius 3 is 2.57 bits per heavy atom. The quantitative estimate of drug-likeness (QED) is 0.645. The van der Waals surface area contributed by atoms with E-state index in [0.717, 1.165) is 38.6 Å². The number of ether oxygens (including phenoxy) is 1. The molecule has 1 fully saturated rings. The molecule has 82 valence electrons. The van der Waals surface area contributed by atoms with Crippen LogP contribution in [0.15, 0.2) is 0 Å². The molecule has 14 heavy (non-hydrogen) atoms. The summed E-state index contributed by atoms with van der Waals surface area (Å²) in [6, 6.07) is 0.564. The van der Waals surface area contributed by atoms with Crippen molar-refractivity contribution in [3.63, 3.8) is 0 Å². The van der Waals surface area contributed by atoms with E-state index in [1.165, 1.54) is 0 Å². The van der Waals surface area contributed by atoms with Crippen molar-refractivity contribution in [3.05, 3.63) is 0 Å². The van der Waals surface area contributed by atoms with Crippen LogP contribution in [0.3, 0.4) is 0 Å². The van der Waals surface area contributed by atoms with Gasteiger partial charge < -0.3 is 14.4 Å². The first-order valence-electron chi connectivity index (χ1n) is 5.39. The molecule has 0 radical (unpaired) electrons. The molecule has 1 atom stereocenters. The summed E-state index contributed by atoms with van der Waals surface area (Å²) in [7, 11) is 1.64. The predicted molar refractivity (Wildman–Crippen MR) is 56.4 cm³/mol. The van der Waals surface area contributed by atoms with E-state index in [-0.39, 0.29) is 0 Å². The molecule has 1 rings (SSSR count). The molecule has 0 aliphatic carbocycles. The summed E-state index contributed by atoms with van der Waals surface area (Å²) in [5.74, 6) is 0. The minimum absolute atomic E-state index is 0.510. The molecular formula is C11H21NO2. The largest absolute Gasteiger partial charge is 0.371 e. The topological polar surface area (TPSA) is 29.5 Å². The normalized spacial score (nSPS) is 30.3. The first kappa shape index (κ1) is 11.7. The standard InChI is InChI=1S/C11H21NO2/c1-10(2)12-7-4-5-11(9-13,14-3)6-8-12/h9-10H,4-8H2,1-3H3. The molecule has 0 aromatic carbocycles. The van der Waals surface area contributed by atoms with Gasteiger partial charge in [0.2, 0.25) is 0 Å². The first-order valence-corrected chi connectivity index (χ1v) is 5.39. The van der Waals surface area contributed by atoms with Crippen LogP contribution in [0.1, 0.15) is 33.1 Å². The average Bonchev–Trinajstić information content (AvgIpc) is 2.40. The van der Waals surface area contributed by atoms with E-state index in [9.17, 15) is 4.79 Å². The van der Waals surface area contributed by atoms with Crippen LogP contribution in [-0.4, -0.2) is 43.0 Å². The zero-order valence-electron chi connectivity index (χ0n) is 9.45. The second-order valence-corrected chi connectivity index (χ2v) is 4.37. The smallest absolute Gasteiger partial charge is 0.151 e. The van der Waals surface area contributed by atoms with E-state index < -0.39 is 5.60 Å². The molecule has 0 spiro atoms. The number of carbonyl (C=O) groups excluding carboxylic acids is 1. The van der Waals surface area contributed by atoms with Gasteiger partial charge in [-0.25, -0.2) is 0 Å². The first-order chi connectivity index (χ1) is 6.63. The van der Waals surface area contributed by atoms with Gasteiger partial charge in [-0.05, 0) is 39.7 Å². The second-order valence-electron chi connectivity index (χ2n) is 4.37. The van der Waals surface area contributed by atoms with Gasteiger partial charge >= 0.3 is 0 Å². The van der Waals surface area contributed by atoms with Crippen molar-refractivity contribution in [2.75, 3.05) is 20.2 Å². The summed E-state index contributed by atoms with van der Waals surface area (Å²) in [5.41, 5.74) is -0.510. The number of methoxy groups -OCH3 is 1. The van der Waals surface area contributed by atoms with Crippen molar-refractivity contribution >= 4 is 6.29 Å². The van der Waals surface area contributed by atoms with Gasteiger partial charge in [0.25, 0.3) is 0 Å². The Kier molecular flexibility index (Phi) is 4.08. The van der Waals surface area contributed by atoms with Crippen molar-refractivity contribution in [2.45, 2.75) is 44.8 Å². The van der Waals surface area contributed by atoms with Gasteiger partial charge in [0.05, 0.1) is 0 Å². The highest BCUT2D eigenvalue weighted by molar-refractivity contribution is 5.62. The summed E-state index contributed by atoms with van der Waals surface area (Å²) < 4.78 is 5.34. The van der Waals surface area contributed by atoms with Crippen molar-refractivity contribution in [1.29, 1.82) is 0 Å². The summed E-state index contributed by atoms with van der Waals surface area (Å²) >= 11 is 0. The monoisotopic (exact) mass is 199 g/mol. The molecule has 0 amide bonds. The summed E-state index contributed by atoms with van der Waals surface area (Å²) in [6.07, 6.45) is 3.71. The lowest BCUT2D eigenvalue weighted by Crippen LogP contribution is -2.36. The third-order valence-electron chi connectivity index (χ3n) is 3.22. The van der Waals surface area contributed by atoms with Crippen molar-refractivity contribution in [2.24, 2.45) is 0 Å². The number of carbonyl (C=O) groups is 1. The van der Waals surface area contributed by atoms with Gasteiger partial charge in [-0.1, -0.05) is 0 Å². The Morgan fingerprint density at radius 2 is 2.07 bits per heavy atom. The van der Waals surface area contributed by atoms with Crippen LogP contribution in [0, 0.1) is 0 Å². The number of likely N-dealkylation sites (tertiary alicyclic amines) is 1. The molecule has 3 heteroatoms. The number of nitrogens with zero attached hydrogens (tertiary/aromatic N) is 1. The van der Waals surface area contributed by atoms with E-state index in [1.807, 2.05) is 0 Å². The molecule has 0 aromatic rings. The Morgan fingerprint density at radius 1 is 1.36 bits per heavy atom. The zero-order chi connectivity index (χ0) is 10.6. The van der Waals surface area contributed by atoms with Crippen LogP contribution in [0.5, 0.6) is 0 Å². The van der Waals surface area contributed by atoms with Gasteiger partial charge in [0.15, 0.2) is 6.29 Å². The highest BCUT2D eigenvalue weighted by atomic mass is 16.5. The van der Waals surface area contributed by atoms with E-state index in [0.29, 0.717) is 6.04 Å². The predicted octanol–water partition coefficient (Wildman–Crippen LogP) is 1.46. The molecule has 1 saturated heterocycles. The fourth-order valence-corrected chi connectivity index (χ4v) is 2.04. The summed E-state index contributed by atoms with van der Waals surface area (Å²) in [4.78, 5) is 13.4. The van der Waals surface area contributed by atoms with E-state index >= 15 is 0 Å². The third-order valence-corrected chi connectivity index (χ3v) is 3.22. The molecule has 1 heterocycles. The van der Waals surface area contributed by atoms with Crippen LogP contribution < -0.4 is 0 Å². The summed E-state index contributed by atoms with van der Waals surface area (Å²) in [6.45, 7) is 6.43. The maximum Gasteiger partial charge on any atom is 0.151 e. The molecular weight excluding hydrogens is 178 g/mol. The minimum atomic E-state index is -0.510. The van der Waals surface area contributed by atoms with Gasteiger partial charge in [-0.15, -0.1) is 0 Å². The fraction of sp³-hybridized carbons (Fsp3) is 0.909. The molecule has 1 aliphatic rings. The lowest BCUT2D eigenvalue weighted by molar-refractivity contribution is -0.129. The zero-order valence-corrected chi connectivity index (χ0v) is 9.45. The lowest BCUT2D eigenvalue weighted by atomic mass is 9.97. The van der Waals surface area contributed by atoms with Crippen molar-refractivity contribution < 1.29 is 9.53 Å². The maximum absolute atomic E-state index is 11.0. The second kappa shape index (κ2) is 4.89.